The van der Waals surface area contributed by atoms with E-state index in [-0.39, 0.29) is 0 Å². The minimum atomic E-state index is 0.595. The zero-order valence-corrected chi connectivity index (χ0v) is 31.7. The smallest absolute Gasteiger partial charge is 0.182 e. The van der Waals surface area contributed by atoms with Crippen LogP contribution in [0.2, 0.25) is 0 Å². The first-order valence-corrected chi connectivity index (χ1v) is 20.6. The Labute approximate surface area is 330 Å². The molecule has 3 heterocycles. The van der Waals surface area contributed by atoms with Crippen LogP contribution in [0.5, 0.6) is 0 Å². The van der Waals surface area contributed by atoms with Crippen LogP contribution in [0.25, 0.3) is 107 Å². The molecule has 0 saturated carbocycles. The summed E-state index contributed by atoms with van der Waals surface area (Å²) in [7, 11) is 0. The minimum Gasteiger partial charge on any atom is -0.241 e. The van der Waals surface area contributed by atoms with Crippen LogP contribution < -0.4 is 0 Å². The Hall–Kier alpha value is -6.66. The van der Waals surface area contributed by atoms with Gasteiger partial charge in [0.05, 0.1) is 6.54 Å². The molecule has 9 aromatic carbocycles. The van der Waals surface area contributed by atoms with Crippen molar-refractivity contribution in [1.82, 2.24) is 14.8 Å². The number of thiophene rings is 2. The largest absolute Gasteiger partial charge is 0.241 e. The van der Waals surface area contributed by atoms with Crippen LogP contribution in [0.15, 0.2) is 176 Å². The Morgan fingerprint density at radius 1 is 0.411 bits per heavy atom. The van der Waals surface area contributed by atoms with Crippen molar-refractivity contribution in [3.05, 3.63) is 181 Å². The first kappa shape index (κ1) is 31.7. The molecule has 0 unspecified atom stereocenters. The van der Waals surface area contributed by atoms with Gasteiger partial charge in [-0.2, -0.15) is 5.10 Å². The fraction of sp³-hybridized carbons (Fsp3) is 0.0196. The van der Waals surface area contributed by atoms with E-state index in [0.717, 1.165) is 28.2 Å². The van der Waals surface area contributed by atoms with Gasteiger partial charge in [0.15, 0.2) is 11.6 Å². The molecular formula is C51H31N3S2. The van der Waals surface area contributed by atoms with Crippen LogP contribution in [0.4, 0.5) is 0 Å². The second-order valence-electron chi connectivity index (χ2n) is 14.5. The van der Waals surface area contributed by atoms with Gasteiger partial charge in [-0.1, -0.05) is 146 Å². The molecule has 0 spiro atoms. The molecule has 262 valence electrons. The van der Waals surface area contributed by atoms with E-state index in [9.17, 15) is 0 Å². The molecule has 0 N–H and O–H groups in total. The standard InChI is InChI=1S/C51H31N3S2/c1-2-12-32(13-3-1)51-52-50(42-21-8-16-31-11-6-7-18-37(31)42)53-54(51)30-36-17-9-20-41-38(36)25-26-45-49(41)48-39(19-10-22-44(48)55-45)35-23-24-40-43-27-33-14-4-5-15-34(33)28-47(43)56-46(40)29-35/h1-29H,30H2. The van der Waals surface area contributed by atoms with Gasteiger partial charge in [0.25, 0.3) is 0 Å². The second kappa shape index (κ2) is 12.4. The maximum Gasteiger partial charge on any atom is 0.182 e. The third-order valence-electron chi connectivity index (χ3n) is 11.3. The predicted octanol–water partition coefficient (Wildman–Crippen LogP) is 14.5. The van der Waals surface area contributed by atoms with E-state index < -0.39 is 0 Å². The lowest BCUT2D eigenvalue weighted by molar-refractivity contribution is 0.699. The molecule has 5 heteroatoms. The number of aromatic nitrogens is 3. The Morgan fingerprint density at radius 3 is 2.00 bits per heavy atom. The Kier molecular flexibility index (Phi) is 7.03. The fourth-order valence-corrected chi connectivity index (χ4v) is 11.0. The lowest BCUT2D eigenvalue weighted by Crippen LogP contribution is -2.05. The Balaban J connectivity index is 1.01. The zero-order chi connectivity index (χ0) is 36.7. The van der Waals surface area contributed by atoms with Crippen molar-refractivity contribution < 1.29 is 0 Å². The molecule has 56 heavy (non-hydrogen) atoms. The van der Waals surface area contributed by atoms with E-state index in [0.29, 0.717) is 6.54 Å². The van der Waals surface area contributed by atoms with E-state index in [1.807, 2.05) is 28.7 Å². The normalized spacial score (nSPS) is 12.0. The van der Waals surface area contributed by atoms with Gasteiger partial charge >= 0.3 is 0 Å². The molecule has 0 aliphatic carbocycles. The van der Waals surface area contributed by atoms with E-state index in [1.54, 1.807) is 0 Å². The molecule has 0 atom stereocenters. The highest BCUT2D eigenvalue weighted by molar-refractivity contribution is 7.26. The van der Waals surface area contributed by atoms with Gasteiger partial charge in [-0.05, 0) is 79.3 Å². The second-order valence-corrected chi connectivity index (χ2v) is 16.7. The number of fused-ring (bicyclic) bond motifs is 10. The Bertz CT molecular complexity index is 3510. The molecule has 3 aromatic heterocycles. The summed E-state index contributed by atoms with van der Waals surface area (Å²) in [5.74, 6) is 1.60. The van der Waals surface area contributed by atoms with E-state index in [4.69, 9.17) is 10.1 Å². The van der Waals surface area contributed by atoms with Crippen molar-refractivity contribution in [1.29, 1.82) is 0 Å². The van der Waals surface area contributed by atoms with E-state index >= 15 is 0 Å². The highest BCUT2D eigenvalue weighted by atomic mass is 32.1. The average molecular weight is 750 g/mol. The molecule has 0 saturated heterocycles. The summed E-state index contributed by atoms with van der Waals surface area (Å²) in [6, 6.07) is 63.9. The Morgan fingerprint density at radius 2 is 1.09 bits per heavy atom. The van der Waals surface area contributed by atoms with E-state index in [2.05, 4.69) is 175 Å². The molecule has 0 amide bonds. The first-order valence-electron chi connectivity index (χ1n) is 18.9. The summed E-state index contributed by atoms with van der Waals surface area (Å²) in [5.41, 5.74) is 5.83. The van der Waals surface area contributed by atoms with Crippen molar-refractivity contribution in [3.8, 4) is 33.9 Å². The van der Waals surface area contributed by atoms with Crippen LogP contribution in [0, 0.1) is 0 Å². The monoisotopic (exact) mass is 749 g/mol. The highest BCUT2D eigenvalue weighted by Crippen LogP contribution is 2.45. The van der Waals surface area contributed by atoms with Gasteiger partial charge in [-0.25, -0.2) is 9.67 Å². The summed E-state index contributed by atoms with van der Waals surface area (Å²) in [6.45, 7) is 0.595. The molecule has 0 bridgehead atoms. The fourth-order valence-electron chi connectivity index (χ4n) is 8.70. The average Bonchev–Trinajstić information content (AvgIpc) is 3.96. The van der Waals surface area contributed by atoms with Gasteiger partial charge < -0.3 is 0 Å². The molecule has 12 rings (SSSR count). The van der Waals surface area contributed by atoms with Gasteiger partial charge in [0, 0.05) is 51.5 Å². The van der Waals surface area contributed by atoms with Crippen molar-refractivity contribution in [2.24, 2.45) is 0 Å². The summed E-state index contributed by atoms with van der Waals surface area (Å²) < 4.78 is 7.35. The van der Waals surface area contributed by atoms with Crippen molar-refractivity contribution >= 4 is 95.3 Å². The summed E-state index contributed by atoms with van der Waals surface area (Å²) >= 11 is 3.77. The summed E-state index contributed by atoms with van der Waals surface area (Å²) in [6.07, 6.45) is 0. The van der Waals surface area contributed by atoms with Gasteiger partial charge in [-0.3, -0.25) is 0 Å². The third-order valence-corrected chi connectivity index (χ3v) is 13.6. The molecular weight excluding hydrogens is 719 g/mol. The van der Waals surface area contributed by atoms with Gasteiger partial charge in [-0.15, -0.1) is 22.7 Å². The minimum absolute atomic E-state index is 0.595. The van der Waals surface area contributed by atoms with Gasteiger partial charge in [0.1, 0.15) is 0 Å². The number of hydrogen-bond acceptors (Lipinski definition) is 4. The van der Waals surface area contributed by atoms with E-state index in [1.165, 1.54) is 84.0 Å². The quantitative estimate of drug-likeness (QED) is 0.175. The SMILES string of the molecule is c1ccc(-c2nc(-c3cccc4ccccc34)nn2Cc2cccc3c2ccc2sc4cccc(-c5ccc6c(c5)sc5cc7ccccc7cc56)c4c23)cc1. The molecule has 0 aliphatic heterocycles. The predicted molar refractivity (Wildman–Crippen MR) is 240 cm³/mol. The topological polar surface area (TPSA) is 30.7 Å². The number of rotatable bonds is 5. The van der Waals surface area contributed by atoms with Crippen LogP contribution in [0.1, 0.15) is 5.56 Å². The van der Waals surface area contributed by atoms with Crippen molar-refractivity contribution in [2.45, 2.75) is 6.54 Å². The maximum atomic E-state index is 5.23. The summed E-state index contributed by atoms with van der Waals surface area (Å²) in [4.78, 5) is 5.21. The maximum absolute atomic E-state index is 5.23. The molecule has 0 radical (unpaired) electrons. The van der Waals surface area contributed by atoms with Crippen molar-refractivity contribution in [3.63, 3.8) is 0 Å². The summed E-state index contributed by atoms with van der Waals surface area (Å²) in [5, 5.41) is 17.9. The lowest BCUT2D eigenvalue weighted by Gasteiger charge is -2.11. The molecule has 0 aliphatic rings. The number of hydrogen-bond donors (Lipinski definition) is 0. The zero-order valence-electron chi connectivity index (χ0n) is 30.1. The lowest BCUT2D eigenvalue weighted by atomic mass is 9.95. The molecule has 0 fully saturated rings. The van der Waals surface area contributed by atoms with Crippen LogP contribution >= 0.6 is 22.7 Å². The molecule has 12 aromatic rings. The van der Waals surface area contributed by atoms with Crippen LogP contribution in [-0.4, -0.2) is 14.8 Å². The third kappa shape index (κ3) is 4.95. The van der Waals surface area contributed by atoms with Crippen molar-refractivity contribution in [2.75, 3.05) is 0 Å². The number of benzene rings is 9. The molecule has 3 nitrogen and oxygen atoms in total. The van der Waals surface area contributed by atoms with Crippen LogP contribution in [0.3, 0.4) is 0 Å². The van der Waals surface area contributed by atoms with Crippen LogP contribution in [-0.2, 0) is 6.54 Å². The highest BCUT2D eigenvalue weighted by Gasteiger charge is 2.19. The van der Waals surface area contributed by atoms with Gasteiger partial charge in [0.2, 0.25) is 0 Å². The number of nitrogens with zero attached hydrogens (tertiary/aromatic N) is 3. The first-order chi connectivity index (χ1) is 27.7.